The van der Waals surface area contributed by atoms with Crippen LogP contribution in [0.25, 0.3) is 5.78 Å². The van der Waals surface area contributed by atoms with Crippen LogP contribution in [0.2, 0.25) is 0 Å². The molecule has 0 bridgehead atoms. The number of aryl methyl sites for hydroxylation is 2. The van der Waals surface area contributed by atoms with E-state index >= 15 is 0 Å². The summed E-state index contributed by atoms with van der Waals surface area (Å²) in [5.41, 5.74) is 2.53. The second-order valence-corrected chi connectivity index (χ2v) is 7.56. The minimum Gasteiger partial charge on any atom is -0.354 e. The Kier molecular flexibility index (Phi) is 6.30. The Morgan fingerprint density at radius 2 is 2.04 bits per heavy atom. The summed E-state index contributed by atoms with van der Waals surface area (Å²) in [5.74, 6) is 0.673. The zero-order valence-electron chi connectivity index (χ0n) is 16.1. The van der Waals surface area contributed by atoms with Crippen LogP contribution in [0.15, 0.2) is 5.16 Å². The van der Waals surface area contributed by atoms with E-state index in [0.717, 1.165) is 42.8 Å². The second-order valence-electron chi connectivity index (χ2n) is 6.79. The van der Waals surface area contributed by atoms with Crippen molar-refractivity contribution >= 4 is 29.4 Å². The van der Waals surface area contributed by atoms with Gasteiger partial charge in [0.15, 0.2) is 0 Å². The van der Waals surface area contributed by atoms with E-state index in [-0.39, 0.29) is 18.2 Å². The van der Waals surface area contributed by atoms with Gasteiger partial charge >= 0.3 is 0 Å². The van der Waals surface area contributed by atoms with Crippen molar-refractivity contribution in [2.45, 2.75) is 51.1 Å². The monoisotopic (exact) mass is 390 g/mol. The molecule has 0 saturated carbocycles. The Morgan fingerprint density at radius 3 is 2.81 bits per heavy atom. The Hall–Kier alpha value is -2.16. The molecule has 0 atom stereocenters. The fourth-order valence-electron chi connectivity index (χ4n) is 3.36. The molecule has 0 aliphatic carbocycles. The zero-order valence-corrected chi connectivity index (χ0v) is 16.9. The van der Waals surface area contributed by atoms with Gasteiger partial charge < -0.3 is 10.2 Å². The smallest absolute Gasteiger partial charge is 0.253 e. The van der Waals surface area contributed by atoms with Gasteiger partial charge in [-0.1, -0.05) is 18.2 Å². The fourth-order valence-corrected chi connectivity index (χ4v) is 3.70. The quantitative estimate of drug-likeness (QED) is 0.752. The third-order valence-electron chi connectivity index (χ3n) is 4.92. The van der Waals surface area contributed by atoms with Crippen LogP contribution < -0.4 is 5.32 Å². The van der Waals surface area contributed by atoms with E-state index < -0.39 is 0 Å². The number of nitrogens with zero attached hydrogens (tertiary/aromatic N) is 5. The maximum atomic E-state index is 12.4. The first-order valence-corrected chi connectivity index (χ1v) is 10.5. The van der Waals surface area contributed by atoms with Crippen molar-refractivity contribution < 1.29 is 9.59 Å². The minimum atomic E-state index is -0.0742. The standard InChI is InChI=1S/C18H26N6O2S/c1-12-14(13(2)24-17(20-12)21-18(22-24)27-3)11-15(25)19-8-10-23-9-6-4-5-7-16(23)26/h4-11H2,1-3H3,(H,19,25). The molecule has 146 valence electrons. The van der Waals surface area contributed by atoms with E-state index in [2.05, 4.69) is 20.4 Å². The van der Waals surface area contributed by atoms with E-state index in [1.807, 2.05) is 25.0 Å². The van der Waals surface area contributed by atoms with Crippen molar-refractivity contribution in [2.24, 2.45) is 0 Å². The summed E-state index contributed by atoms with van der Waals surface area (Å²) in [4.78, 5) is 35.1. The number of rotatable bonds is 6. The molecule has 1 aliphatic heterocycles. The number of amides is 2. The summed E-state index contributed by atoms with van der Waals surface area (Å²) in [6, 6.07) is 0. The number of carbonyl (C=O) groups excluding carboxylic acids is 2. The molecule has 9 heteroatoms. The summed E-state index contributed by atoms with van der Waals surface area (Å²) >= 11 is 1.46. The van der Waals surface area contributed by atoms with Crippen LogP contribution in [0.5, 0.6) is 0 Å². The van der Waals surface area contributed by atoms with E-state index in [4.69, 9.17) is 0 Å². The van der Waals surface area contributed by atoms with Crippen LogP contribution in [0.3, 0.4) is 0 Å². The SMILES string of the molecule is CSc1nc2nc(C)c(CC(=O)NCCN3CCCCCC3=O)c(C)n2n1. The third-order valence-corrected chi connectivity index (χ3v) is 5.46. The zero-order chi connectivity index (χ0) is 19.4. The van der Waals surface area contributed by atoms with Crippen molar-refractivity contribution in [2.75, 3.05) is 25.9 Å². The number of thioether (sulfide) groups is 1. The highest BCUT2D eigenvalue weighted by atomic mass is 32.2. The molecule has 27 heavy (non-hydrogen) atoms. The minimum absolute atomic E-state index is 0.0742. The molecule has 2 aromatic rings. The number of likely N-dealkylation sites (tertiary alicyclic amines) is 1. The molecule has 3 rings (SSSR count). The van der Waals surface area contributed by atoms with Gasteiger partial charge in [-0.2, -0.15) is 4.98 Å². The molecule has 0 radical (unpaired) electrons. The number of fused-ring (bicyclic) bond motifs is 1. The van der Waals surface area contributed by atoms with Crippen LogP contribution in [0.4, 0.5) is 0 Å². The number of nitrogens with one attached hydrogen (secondary N) is 1. The molecule has 2 amide bonds. The third kappa shape index (κ3) is 4.58. The van der Waals surface area contributed by atoms with Crippen molar-refractivity contribution in [3.8, 4) is 0 Å². The molecule has 1 saturated heterocycles. The van der Waals surface area contributed by atoms with Gasteiger partial charge in [-0.3, -0.25) is 9.59 Å². The highest BCUT2D eigenvalue weighted by Gasteiger charge is 2.18. The molecule has 2 aromatic heterocycles. The highest BCUT2D eigenvalue weighted by Crippen LogP contribution is 2.17. The second kappa shape index (κ2) is 8.69. The van der Waals surface area contributed by atoms with Gasteiger partial charge in [0.1, 0.15) is 0 Å². The van der Waals surface area contributed by atoms with E-state index in [1.165, 1.54) is 11.8 Å². The lowest BCUT2D eigenvalue weighted by Crippen LogP contribution is -2.38. The summed E-state index contributed by atoms with van der Waals surface area (Å²) < 4.78 is 1.69. The highest BCUT2D eigenvalue weighted by molar-refractivity contribution is 7.98. The molecule has 3 heterocycles. The fraction of sp³-hybridized carbons (Fsp3) is 0.611. The molecular formula is C18H26N6O2S. The van der Waals surface area contributed by atoms with E-state index in [9.17, 15) is 9.59 Å². The average Bonchev–Trinajstić information content (AvgIpc) is 2.95. The normalized spacial score (nSPS) is 15.2. The Morgan fingerprint density at radius 1 is 1.22 bits per heavy atom. The molecule has 0 spiro atoms. The van der Waals surface area contributed by atoms with Crippen LogP contribution in [0.1, 0.15) is 42.6 Å². The number of carbonyl (C=O) groups is 2. The summed E-state index contributed by atoms with van der Waals surface area (Å²) in [6.45, 7) is 5.65. The van der Waals surface area contributed by atoms with Gasteiger partial charge in [-0.15, -0.1) is 5.10 Å². The molecule has 0 unspecified atom stereocenters. The first kappa shape index (κ1) is 19.6. The van der Waals surface area contributed by atoms with Crippen LogP contribution in [-0.2, 0) is 16.0 Å². The molecule has 8 nitrogen and oxygen atoms in total. The van der Waals surface area contributed by atoms with E-state index in [0.29, 0.717) is 30.4 Å². The lowest BCUT2D eigenvalue weighted by atomic mass is 10.1. The van der Waals surface area contributed by atoms with Crippen LogP contribution in [-0.4, -0.2) is 62.2 Å². The molecule has 0 aromatic carbocycles. The van der Waals surface area contributed by atoms with Gasteiger partial charge in [0, 0.05) is 43.0 Å². The predicted molar refractivity (Wildman–Crippen MR) is 104 cm³/mol. The lowest BCUT2D eigenvalue weighted by Gasteiger charge is -2.20. The van der Waals surface area contributed by atoms with Gasteiger partial charge in [-0.05, 0) is 32.9 Å². The van der Waals surface area contributed by atoms with E-state index in [1.54, 1.807) is 4.52 Å². The predicted octanol–water partition coefficient (Wildman–Crippen LogP) is 1.52. The van der Waals surface area contributed by atoms with Gasteiger partial charge in [0.25, 0.3) is 5.78 Å². The van der Waals surface area contributed by atoms with Crippen molar-refractivity contribution in [3.63, 3.8) is 0 Å². The van der Waals surface area contributed by atoms with Crippen molar-refractivity contribution in [3.05, 3.63) is 17.0 Å². The van der Waals surface area contributed by atoms with Gasteiger partial charge in [0.05, 0.1) is 6.42 Å². The van der Waals surface area contributed by atoms with Crippen LogP contribution in [0, 0.1) is 13.8 Å². The molecule has 1 fully saturated rings. The number of aromatic nitrogens is 4. The lowest BCUT2D eigenvalue weighted by molar-refractivity contribution is -0.131. The first-order chi connectivity index (χ1) is 13.0. The van der Waals surface area contributed by atoms with Gasteiger partial charge in [-0.25, -0.2) is 9.50 Å². The number of hydrogen-bond acceptors (Lipinski definition) is 6. The maximum absolute atomic E-state index is 12.4. The van der Waals surface area contributed by atoms with Gasteiger partial charge in [0.2, 0.25) is 17.0 Å². The maximum Gasteiger partial charge on any atom is 0.253 e. The molecular weight excluding hydrogens is 364 g/mol. The Bertz CT molecular complexity index is 850. The largest absolute Gasteiger partial charge is 0.354 e. The summed E-state index contributed by atoms with van der Waals surface area (Å²) in [7, 11) is 0. The van der Waals surface area contributed by atoms with Crippen LogP contribution >= 0.6 is 11.8 Å². The number of hydrogen-bond donors (Lipinski definition) is 1. The molecule has 1 N–H and O–H groups in total. The topological polar surface area (TPSA) is 92.5 Å². The summed E-state index contributed by atoms with van der Waals surface area (Å²) in [6.07, 6.45) is 5.89. The first-order valence-electron chi connectivity index (χ1n) is 9.31. The summed E-state index contributed by atoms with van der Waals surface area (Å²) in [5, 5.41) is 8.00. The van der Waals surface area contributed by atoms with Crippen molar-refractivity contribution in [1.82, 2.24) is 29.8 Å². The Balaban J connectivity index is 1.61. The molecule has 1 aliphatic rings. The average molecular weight is 391 g/mol. The Labute approximate surface area is 163 Å². The van der Waals surface area contributed by atoms with Crippen molar-refractivity contribution in [1.29, 1.82) is 0 Å².